The van der Waals surface area contributed by atoms with Crippen LogP contribution in [0.5, 0.6) is 0 Å². The Hall–Kier alpha value is -0.610. The van der Waals surface area contributed by atoms with Gasteiger partial charge in [0.1, 0.15) is 0 Å². The summed E-state index contributed by atoms with van der Waals surface area (Å²) >= 11 is 0. The summed E-state index contributed by atoms with van der Waals surface area (Å²) in [4.78, 5) is 14.3. The zero-order valence-electron chi connectivity index (χ0n) is 11.3. The fourth-order valence-electron chi connectivity index (χ4n) is 2.80. The molecule has 1 rings (SSSR count). The first-order valence-corrected chi connectivity index (χ1v) is 6.72. The number of hydrogen-bond acceptors (Lipinski definition) is 4. The number of rotatable bonds is 6. The molecule has 2 atom stereocenters. The van der Waals surface area contributed by atoms with Gasteiger partial charge in [0.2, 0.25) is 0 Å². The van der Waals surface area contributed by atoms with Gasteiger partial charge in [-0.05, 0) is 38.8 Å². The summed E-state index contributed by atoms with van der Waals surface area (Å²) in [6, 6.07) is 0.224. The molecule has 0 aromatic heterocycles. The molecule has 2 N–H and O–H groups in total. The maximum Gasteiger partial charge on any atom is 0.311 e. The minimum Gasteiger partial charge on any atom is -0.466 e. The standard InChI is InChI=1S/C13H26N2O2/c1-4-17-13(16)11(9-14)12(10(2)3)15-7-5-6-8-15/h10-12H,4-9,14H2,1-3H3/t11-,12+/m1/s1. The third-order valence-corrected chi connectivity index (χ3v) is 3.50. The van der Waals surface area contributed by atoms with Gasteiger partial charge in [0.25, 0.3) is 0 Å². The van der Waals surface area contributed by atoms with Crippen LogP contribution in [0, 0.1) is 11.8 Å². The summed E-state index contributed by atoms with van der Waals surface area (Å²) in [6.45, 7) is 9.12. The zero-order chi connectivity index (χ0) is 12.8. The second-order valence-electron chi connectivity index (χ2n) is 5.07. The van der Waals surface area contributed by atoms with E-state index in [4.69, 9.17) is 10.5 Å². The Balaban J connectivity index is 2.74. The molecule has 1 heterocycles. The third kappa shape index (κ3) is 3.68. The summed E-state index contributed by atoms with van der Waals surface area (Å²) in [7, 11) is 0. The molecule has 17 heavy (non-hydrogen) atoms. The van der Waals surface area contributed by atoms with E-state index in [2.05, 4.69) is 18.7 Å². The second kappa shape index (κ2) is 6.97. The number of likely N-dealkylation sites (tertiary alicyclic amines) is 1. The molecule has 1 fully saturated rings. The van der Waals surface area contributed by atoms with E-state index in [1.54, 1.807) is 0 Å². The maximum absolute atomic E-state index is 11.9. The maximum atomic E-state index is 11.9. The van der Waals surface area contributed by atoms with Crippen molar-refractivity contribution in [2.75, 3.05) is 26.2 Å². The number of hydrogen-bond donors (Lipinski definition) is 1. The van der Waals surface area contributed by atoms with Crippen LogP contribution in [-0.4, -0.2) is 43.2 Å². The molecule has 0 aliphatic carbocycles. The van der Waals surface area contributed by atoms with Crippen molar-refractivity contribution in [3.05, 3.63) is 0 Å². The van der Waals surface area contributed by atoms with E-state index >= 15 is 0 Å². The SMILES string of the molecule is CCOC(=O)[C@H](CN)[C@H](C(C)C)N1CCCC1. The van der Waals surface area contributed by atoms with Gasteiger partial charge in [-0.3, -0.25) is 9.69 Å². The predicted molar refractivity (Wildman–Crippen MR) is 68.6 cm³/mol. The summed E-state index contributed by atoms with van der Waals surface area (Å²) in [6.07, 6.45) is 2.45. The minimum atomic E-state index is -0.187. The smallest absolute Gasteiger partial charge is 0.311 e. The van der Waals surface area contributed by atoms with E-state index in [1.807, 2.05) is 6.92 Å². The van der Waals surface area contributed by atoms with Crippen LogP contribution in [0.2, 0.25) is 0 Å². The lowest BCUT2D eigenvalue weighted by molar-refractivity contribution is -0.150. The Morgan fingerprint density at radius 2 is 1.94 bits per heavy atom. The van der Waals surface area contributed by atoms with Gasteiger partial charge in [0, 0.05) is 12.6 Å². The van der Waals surface area contributed by atoms with Crippen molar-refractivity contribution in [2.24, 2.45) is 17.6 Å². The summed E-state index contributed by atoms with van der Waals surface area (Å²) in [5, 5.41) is 0. The highest BCUT2D eigenvalue weighted by molar-refractivity contribution is 5.73. The van der Waals surface area contributed by atoms with Gasteiger partial charge in [-0.25, -0.2) is 0 Å². The van der Waals surface area contributed by atoms with E-state index in [0.717, 1.165) is 13.1 Å². The minimum absolute atomic E-state index is 0.138. The molecule has 1 saturated heterocycles. The van der Waals surface area contributed by atoms with Crippen molar-refractivity contribution in [1.82, 2.24) is 4.90 Å². The molecule has 100 valence electrons. The number of carbonyl (C=O) groups excluding carboxylic acids is 1. The van der Waals surface area contributed by atoms with Gasteiger partial charge in [-0.2, -0.15) is 0 Å². The van der Waals surface area contributed by atoms with E-state index in [0.29, 0.717) is 19.1 Å². The number of nitrogens with two attached hydrogens (primary N) is 1. The molecule has 0 bridgehead atoms. The van der Waals surface area contributed by atoms with Crippen molar-refractivity contribution < 1.29 is 9.53 Å². The van der Waals surface area contributed by atoms with Gasteiger partial charge >= 0.3 is 5.97 Å². The van der Waals surface area contributed by atoms with Crippen LogP contribution in [0.3, 0.4) is 0 Å². The lowest BCUT2D eigenvalue weighted by Crippen LogP contribution is -2.48. The fraction of sp³-hybridized carbons (Fsp3) is 0.923. The van der Waals surface area contributed by atoms with Crippen molar-refractivity contribution in [3.8, 4) is 0 Å². The summed E-state index contributed by atoms with van der Waals surface area (Å²) < 4.78 is 5.14. The van der Waals surface area contributed by atoms with Crippen molar-refractivity contribution in [3.63, 3.8) is 0 Å². The molecule has 0 saturated carbocycles. The van der Waals surface area contributed by atoms with Crippen LogP contribution >= 0.6 is 0 Å². The van der Waals surface area contributed by atoms with Crippen LogP contribution in [0.25, 0.3) is 0 Å². The molecule has 0 aromatic rings. The second-order valence-corrected chi connectivity index (χ2v) is 5.07. The topological polar surface area (TPSA) is 55.6 Å². The Bertz CT molecular complexity index is 238. The van der Waals surface area contributed by atoms with Crippen molar-refractivity contribution in [1.29, 1.82) is 0 Å². The molecular formula is C13H26N2O2. The Morgan fingerprint density at radius 1 is 1.35 bits per heavy atom. The van der Waals surface area contributed by atoms with Crippen LogP contribution < -0.4 is 5.73 Å². The van der Waals surface area contributed by atoms with Crippen LogP contribution in [0.1, 0.15) is 33.6 Å². The first-order chi connectivity index (χ1) is 8.11. The molecule has 0 amide bonds. The quantitative estimate of drug-likeness (QED) is 0.712. The molecule has 1 aliphatic heterocycles. The number of esters is 1. The van der Waals surface area contributed by atoms with Crippen LogP contribution in [0.15, 0.2) is 0 Å². The van der Waals surface area contributed by atoms with Gasteiger partial charge in [-0.15, -0.1) is 0 Å². The average molecular weight is 242 g/mol. The number of carbonyl (C=O) groups is 1. The predicted octanol–water partition coefficient (Wildman–Crippen LogP) is 1.24. The highest BCUT2D eigenvalue weighted by Gasteiger charge is 2.35. The highest BCUT2D eigenvalue weighted by atomic mass is 16.5. The molecule has 0 radical (unpaired) electrons. The van der Waals surface area contributed by atoms with Crippen molar-refractivity contribution >= 4 is 5.97 Å². The van der Waals surface area contributed by atoms with E-state index < -0.39 is 0 Å². The zero-order valence-corrected chi connectivity index (χ0v) is 11.3. The third-order valence-electron chi connectivity index (χ3n) is 3.50. The average Bonchev–Trinajstić information content (AvgIpc) is 2.78. The monoisotopic (exact) mass is 242 g/mol. The Kier molecular flexibility index (Phi) is 5.92. The van der Waals surface area contributed by atoms with Gasteiger partial charge in [0.05, 0.1) is 12.5 Å². The lowest BCUT2D eigenvalue weighted by Gasteiger charge is -2.35. The largest absolute Gasteiger partial charge is 0.466 e. The summed E-state index contributed by atoms with van der Waals surface area (Å²) in [5.41, 5.74) is 5.78. The normalized spacial score (nSPS) is 20.5. The molecule has 0 spiro atoms. The van der Waals surface area contributed by atoms with Gasteiger partial charge in [0.15, 0.2) is 0 Å². The lowest BCUT2D eigenvalue weighted by atomic mass is 9.89. The highest BCUT2D eigenvalue weighted by Crippen LogP contribution is 2.24. The van der Waals surface area contributed by atoms with E-state index in [-0.39, 0.29) is 17.9 Å². The Labute approximate surface area is 104 Å². The molecule has 1 aliphatic rings. The molecule has 0 unspecified atom stereocenters. The van der Waals surface area contributed by atoms with E-state index in [9.17, 15) is 4.79 Å². The Morgan fingerprint density at radius 3 is 2.35 bits per heavy atom. The molecule has 4 nitrogen and oxygen atoms in total. The van der Waals surface area contributed by atoms with Crippen LogP contribution in [0.4, 0.5) is 0 Å². The van der Waals surface area contributed by atoms with Crippen LogP contribution in [-0.2, 0) is 9.53 Å². The number of nitrogens with zero attached hydrogens (tertiary/aromatic N) is 1. The van der Waals surface area contributed by atoms with Crippen molar-refractivity contribution in [2.45, 2.75) is 39.7 Å². The first kappa shape index (κ1) is 14.5. The van der Waals surface area contributed by atoms with Gasteiger partial charge < -0.3 is 10.5 Å². The van der Waals surface area contributed by atoms with E-state index in [1.165, 1.54) is 12.8 Å². The molecule has 0 aromatic carbocycles. The number of ether oxygens (including phenoxy) is 1. The summed E-state index contributed by atoms with van der Waals surface area (Å²) in [5.74, 6) is 0.0970. The first-order valence-electron chi connectivity index (χ1n) is 6.72. The molecule has 4 heteroatoms. The molecular weight excluding hydrogens is 216 g/mol. The van der Waals surface area contributed by atoms with Gasteiger partial charge in [-0.1, -0.05) is 13.8 Å². The fourth-order valence-corrected chi connectivity index (χ4v) is 2.80.